The van der Waals surface area contributed by atoms with Crippen LogP contribution in [0, 0.1) is 5.92 Å². The minimum atomic E-state index is -3.14. The van der Waals surface area contributed by atoms with Crippen LogP contribution in [0.3, 0.4) is 0 Å². The molecule has 0 radical (unpaired) electrons. The van der Waals surface area contributed by atoms with Crippen molar-refractivity contribution in [1.82, 2.24) is 9.62 Å². The topological polar surface area (TPSA) is 69.7 Å². The summed E-state index contributed by atoms with van der Waals surface area (Å²) >= 11 is 0. The van der Waals surface area contributed by atoms with E-state index in [-0.39, 0.29) is 11.8 Å². The van der Waals surface area contributed by atoms with Crippen molar-refractivity contribution in [2.45, 2.75) is 38.6 Å². The summed E-state index contributed by atoms with van der Waals surface area (Å²) < 4.78 is 24.5. The second-order valence-electron chi connectivity index (χ2n) is 7.46. The molecule has 1 amide bonds. The Morgan fingerprint density at radius 2 is 1.92 bits per heavy atom. The van der Waals surface area contributed by atoms with E-state index < -0.39 is 10.0 Å². The van der Waals surface area contributed by atoms with Gasteiger partial charge in [-0.25, -0.2) is 12.7 Å². The molecular formula is C19H29N3O3S. The number of piperidine rings is 1. The summed E-state index contributed by atoms with van der Waals surface area (Å²) in [6, 6.07) is 9.03. The quantitative estimate of drug-likeness (QED) is 0.763. The molecule has 2 aliphatic heterocycles. The van der Waals surface area contributed by atoms with Gasteiger partial charge in [0.15, 0.2) is 0 Å². The fourth-order valence-electron chi connectivity index (χ4n) is 4.03. The van der Waals surface area contributed by atoms with Gasteiger partial charge in [0.1, 0.15) is 0 Å². The molecule has 0 bridgehead atoms. The molecule has 1 fully saturated rings. The first-order valence-electron chi connectivity index (χ1n) is 9.43. The van der Waals surface area contributed by atoms with Gasteiger partial charge in [-0.1, -0.05) is 18.2 Å². The molecule has 0 aliphatic carbocycles. The lowest BCUT2D eigenvalue weighted by molar-refractivity contribution is -0.126. The zero-order valence-corrected chi connectivity index (χ0v) is 16.5. The number of nitrogens with one attached hydrogen (secondary N) is 1. The molecule has 0 saturated carbocycles. The number of carbonyl (C=O) groups excluding carboxylic acids is 1. The van der Waals surface area contributed by atoms with E-state index in [1.807, 2.05) is 0 Å². The summed E-state index contributed by atoms with van der Waals surface area (Å²) in [6.07, 6.45) is 4.43. The molecular weight excluding hydrogens is 350 g/mol. The lowest BCUT2D eigenvalue weighted by Gasteiger charge is -2.29. The van der Waals surface area contributed by atoms with Crippen LogP contribution in [-0.4, -0.2) is 57.1 Å². The lowest BCUT2D eigenvalue weighted by atomic mass is 9.97. The van der Waals surface area contributed by atoms with E-state index in [4.69, 9.17) is 0 Å². The standard InChI is InChI=1S/C19H29N3O3S/c1-15-14-17-6-3-4-7-18(17)22(15)11-5-10-20-19(23)16-8-12-21(13-9-16)26(2,24)25/h3-4,6-7,15-16H,5,8-14H2,1-2H3,(H,20,23)/t15-/m0/s1. The van der Waals surface area contributed by atoms with Gasteiger partial charge >= 0.3 is 0 Å². The van der Waals surface area contributed by atoms with Gasteiger partial charge in [0, 0.05) is 43.8 Å². The fraction of sp³-hybridized carbons (Fsp3) is 0.632. The van der Waals surface area contributed by atoms with Crippen LogP contribution in [0.1, 0.15) is 31.7 Å². The predicted octanol–water partition coefficient (Wildman–Crippen LogP) is 1.62. The summed E-state index contributed by atoms with van der Waals surface area (Å²) in [4.78, 5) is 14.7. The van der Waals surface area contributed by atoms with Crippen LogP contribution in [-0.2, 0) is 21.2 Å². The molecule has 3 rings (SSSR count). The number of anilines is 1. The van der Waals surface area contributed by atoms with Gasteiger partial charge in [0.25, 0.3) is 0 Å². The van der Waals surface area contributed by atoms with E-state index in [1.165, 1.54) is 21.8 Å². The molecule has 2 heterocycles. The maximum atomic E-state index is 12.3. The number of nitrogens with zero attached hydrogens (tertiary/aromatic N) is 2. The Bertz CT molecular complexity index is 742. The number of benzene rings is 1. The maximum Gasteiger partial charge on any atom is 0.223 e. The second kappa shape index (κ2) is 7.96. The Labute approximate surface area is 156 Å². The molecule has 2 aliphatic rings. The summed E-state index contributed by atoms with van der Waals surface area (Å²) in [7, 11) is -3.14. The summed E-state index contributed by atoms with van der Waals surface area (Å²) in [5.41, 5.74) is 2.72. The first-order valence-corrected chi connectivity index (χ1v) is 11.3. The van der Waals surface area contributed by atoms with Gasteiger partial charge in [0.2, 0.25) is 15.9 Å². The zero-order valence-electron chi connectivity index (χ0n) is 15.6. The highest BCUT2D eigenvalue weighted by atomic mass is 32.2. The normalized spacial score (nSPS) is 21.6. The summed E-state index contributed by atoms with van der Waals surface area (Å²) in [5, 5.41) is 3.04. The Hall–Kier alpha value is -1.60. The highest BCUT2D eigenvalue weighted by Crippen LogP contribution is 2.31. The van der Waals surface area contributed by atoms with Gasteiger partial charge in [-0.3, -0.25) is 4.79 Å². The fourth-order valence-corrected chi connectivity index (χ4v) is 4.90. The highest BCUT2D eigenvalue weighted by Gasteiger charge is 2.29. The molecule has 1 atom stereocenters. The first kappa shape index (κ1) is 19.2. The number of hydrogen-bond donors (Lipinski definition) is 1. The Morgan fingerprint density at radius 1 is 1.23 bits per heavy atom. The zero-order chi connectivity index (χ0) is 18.7. The molecule has 26 heavy (non-hydrogen) atoms. The van der Waals surface area contributed by atoms with Gasteiger partial charge in [-0.2, -0.15) is 0 Å². The van der Waals surface area contributed by atoms with E-state index in [1.54, 1.807) is 0 Å². The number of amides is 1. The van der Waals surface area contributed by atoms with Crippen LogP contribution in [0.4, 0.5) is 5.69 Å². The predicted molar refractivity (Wildman–Crippen MR) is 104 cm³/mol. The lowest BCUT2D eigenvalue weighted by Crippen LogP contribution is -2.43. The van der Waals surface area contributed by atoms with Crippen LogP contribution in [0.5, 0.6) is 0 Å². The molecule has 7 heteroatoms. The average molecular weight is 380 g/mol. The number of carbonyl (C=O) groups is 1. The van der Waals surface area contributed by atoms with Crippen molar-refractivity contribution in [3.63, 3.8) is 0 Å². The Balaban J connectivity index is 1.40. The van der Waals surface area contributed by atoms with Gasteiger partial charge < -0.3 is 10.2 Å². The van der Waals surface area contributed by atoms with Crippen LogP contribution in [0.2, 0.25) is 0 Å². The highest BCUT2D eigenvalue weighted by molar-refractivity contribution is 7.88. The minimum absolute atomic E-state index is 0.0630. The number of sulfonamides is 1. The SMILES string of the molecule is C[C@H]1Cc2ccccc2N1CCCNC(=O)C1CCN(S(C)(=O)=O)CC1. The Morgan fingerprint density at radius 3 is 2.62 bits per heavy atom. The van der Waals surface area contributed by atoms with E-state index in [9.17, 15) is 13.2 Å². The molecule has 144 valence electrons. The van der Waals surface area contributed by atoms with Crippen molar-refractivity contribution >= 4 is 21.6 Å². The van der Waals surface area contributed by atoms with E-state index in [0.717, 1.165) is 19.4 Å². The molecule has 1 aromatic rings. The van der Waals surface area contributed by atoms with Crippen molar-refractivity contribution in [2.75, 3.05) is 37.3 Å². The van der Waals surface area contributed by atoms with Gasteiger partial charge in [-0.15, -0.1) is 0 Å². The third-order valence-corrected chi connectivity index (χ3v) is 6.82. The monoisotopic (exact) mass is 379 g/mol. The average Bonchev–Trinajstić information content (AvgIpc) is 2.93. The van der Waals surface area contributed by atoms with Crippen LogP contribution in [0.25, 0.3) is 0 Å². The Kier molecular flexibility index (Phi) is 5.87. The van der Waals surface area contributed by atoms with Crippen molar-refractivity contribution in [2.24, 2.45) is 5.92 Å². The van der Waals surface area contributed by atoms with E-state index in [2.05, 4.69) is 41.4 Å². The molecule has 0 spiro atoms. The van der Waals surface area contributed by atoms with Crippen LogP contribution < -0.4 is 10.2 Å². The van der Waals surface area contributed by atoms with Gasteiger partial charge in [0.05, 0.1) is 6.26 Å². The smallest absolute Gasteiger partial charge is 0.223 e. The largest absolute Gasteiger partial charge is 0.368 e. The molecule has 6 nitrogen and oxygen atoms in total. The number of para-hydroxylation sites is 1. The summed E-state index contributed by atoms with van der Waals surface area (Å²) in [5.74, 6) is -0.00698. The number of hydrogen-bond acceptors (Lipinski definition) is 4. The maximum absolute atomic E-state index is 12.3. The third kappa shape index (κ3) is 4.38. The van der Waals surface area contributed by atoms with E-state index in [0.29, 0.717) is 38.5 Å². The minimum Gasteiger partial charge on any atom is -0.368 e. The van der Waals surface area contributed by atoms with Crippen molar-refractivity contribution in [3.8, 4) is 0 Å². The van der Waals surface area contributed by atoms with Crippen LogP contribution >= 0.6 is 0 Å². The molecule has 1 N–H and O–H groups in total. The molecule has 0 aromatic heterocycles. The van der Waals surface area contributed by atoms with Crippen LogP contribution in [0.15, 0.2) is 24.3 Å². The molecule has 1 saturated heterocycles. The first-order chi connectivity index (χ1) is 12.4. The molecule has 1 aromatic carbocycles. The second-order valence-corrected chi connectivity index (χ2v) is 9.44. The van der Waals surface area contributed by atoms with Crippen molar-refractivity contribution < 1.29 is 13.2 Å². The summed E-state index contributed by atoms with van der Waals surface area (Å²) in [6.45, 7) is 4.73. The van der Waals surface area contributed by atoms with E-state index >= 15 is 0 Å². The number of rotatable bonds is 6. The van der Waals surface area contributed by atoms with Crippen molar-refractivity contribution in [1.29, 1.82) is 0 Å². The third-order valence-electron chi connectivity index (χ3n) is 5.52. The van der Waals surface area contributed by atoms with Gasteiger partial charge in [-0.05, 0) is 44.2 Å². The number of fused-ring (bicyclic) bond motifs is 1. The molecule has 0 unspecified atom stereocenters. The van der Waals surface area contributed by atoms with Crippen molar-refractivity contribution in [3.05, 3.63) is 29.8 Å².